The first-order valence-electron chi connectivity index (χ1n) is 9.19. The molecule has 2 rings (SSSR count). The van der Waals surface area contributed by atoms with Crippen molar-refractivity contribution in [2.75, 3.05) is 19.0 Å². The molecule has 0 aliphatic rings. The van der Waals surface area contributed by atoms with Gasteiger partial charge in [0, 0.05) is 17.7 Å². The number of methoxy groups -OCH3 is 1. The molecule has 29 heavy (non-hydrogen) atoms. The van der Waals surface area contributed by atoms with Crippen molar-refractivity contribution in [1.82, 2.24) is 0 Å². The lowest BCUT2D eigenvalue weighted by molar-refractivity contribution is -0.116. The van der Waals surface area contributed by atoms with Crippen molar-refractivity contribution in [3.63, 3.8) is 0 Å². The fourth-order valence-corrected chi connectivity index (χ4v) is 2.85. The molecule has 7 heteroatoms. The summed E-state index contributed by atoms with van der Waals surface area (Å²) in [5, 5.41) is 12.0. The third-order valence-corrected chi connectivity index (χ3v) is 4.45. The number of anilines is 1. The summed E-state index contributed by atoms with van der Waals surface area (Å²) in [4.78, 5) is 34.9. The fraction of sp³-hybridized carbons (Fsp3) is 0.318. The zero-order valence-electron chi connectivity index (χ0n) is 17.0. The van der Waals surface area contributed by atoms with Gasteiger partial charge in [-0.3, -0.25) is 9.59 Å². The van der Waals surface area contributed by atoms with Crippen molar-refractivity contribution in [3.8, 4) is 11.5 Å². The Kier molecular flexibility index (Phi) is 7.36. The van der Waals surface area contributed by atoms with Crippen LogP contribution in [-0.4, -0.2) is 36.5 Å². The van der Waals surface area contributed by atoms with Crippen LogP contribution in [0.1, 0.15) is 51.6 Å². The molecule has 2 aromatic carbocycles. The summed E-state index contributed by atoms with van der Waals surface area (Å²) >= 11 is 0. The average Bonchev–Trinajstić information content (AvgIpc) is 2.66. The van der Waals surface area contributed by atoms with Crippen molar-refractivity contribution in [1.29, 1.82) is 0 Å². The van der Waals surface area contributed by atoms with Crippen LogP contribution in [0.4, 0.5) is 5.69 Å². The topological polar surface area (TPSA) is 102 Å². The summed E-state index contributed by atoms with van der Waals surface area (Å²) in [6, 6.07) is 8.15. The zero-order chi connectivity index (χ0) is 21.6. The summed E-state index contributed by atoms with van der Waals surface area (Å²) < 4.78 is 10.9. The Bertz CT molecular complexity index is 935. The maximum Gasteiger partial charge on any atom is 0.336 e. The molecular formula is C22H25NO6. The first-order chi connectivity index (χ1) is 13.7. The Morgan fingerprint density at radius 2 is 1.76 bits per heavy atom. The van der Waals surface area contributed by atoms with E-state index in [0.717, 1.165) is 5.56 Å². The molecule has 0 unspecified atom stereocenters. The van der Waals surface area contributed by atoms with Gasteiger partial charge in [0.2, 0.25) is 5.91 Å². The molecule has 1 amide bonds. The molecule has 0 saturated heterocycles. The molecule has 0 fully saturated rings. The highest BCUT2D eigenvalue weighted by Gasteiger charge is 2.13. The molecule has 2 N–H and O–H groups in total. The van der Waals surface area contributed by atoms with E-state index in [1.54, 1.807) is 31.2 Å². The number of hydrogen-bond acceptors (Lipinski definition) is 5. The molecule has 0 heterocycles. The van der Waals surface area contributed by atoms with Gasteiger partial charge in [0.05, 0.1) is 19.3 Å². The molecule has 7 nitrogen and oxygen atoms in total. The third-order valence-electron chi connectivity index (χ3n) is 4.45. The Labute approximate surface area is 169 Å². The smallest absolute Gasteiger partial charge is 0.336 e. The van der Waals surface area contributed by atoms with Crippen LogP contribution in [0.2, 0.25) is 0 Å². The summed E-state index contributed by atoms with van der Waals surface area (Å²) in [6.45, 7) is 5.30. The minimum absolute atomic E-state index is 0.0658. The standard InChI is InChI=1S/C22H25NO6/c1-13-10-14(2)18(12-17(13)22(26)27)23-21(25)6-5-9-29-19-8-7-16(15(3)24)11-20(19)28-4/h7-8,10-12H,5-6,9H2,1-4H3,(H,23,25)(H,26,27). The van der Waals surface area contributed by atoms with Gasteiger partial charge in [0.25, 0.3) is 0 Å². The SMILES string of the molecule is COc1cc(C(C)=O)ccc1OCCCC(=O)Nc1cc(C(=O)O)c(C)cc1C. The number of carbonyl (C=O) groups is 3. The predicted molar refractivity (Wildman–Crippen MR) is 109 cm³/mol. The number of hydrogen-bond donors (Lipinski definition) is 2. The Hall–Kier alpha value is -3.35. The number of amides is 1. The number of Topliss-reactive ketones (excluding diaryl/α,β-unsaturated/α-hetero) is 1. The molecule has 2 aromatic rings. The van der Waals surface area contributed by atoms with Gasteiger partial charge < -0.3 is 19.9 Å². The van der Waals surface area contributed by atoms with Crippen LogP contribution in [0.25, 0.3) is 0 Å². The van der Waals surface area contributed by atoms with Gasteiger partial charge in [-0.2, -0.15) is 0 Å². The van der Waals surface area contributed by atoms with Crippen LogP contribution in [0.15, 0.2) is 30.3 Å². The maximum atomic E-state index is 12.2. The second-order valence-electron chi connectivity index (χ2n) is 6.71. The van der Waals surface area contributed by atoms with Crippen molar-refractivity contribution < 1.29 is 29.0 Å². The highest BCUT2D eigenvalue weighted by Crippen LogP contribution is 2.28. The first-order valence-corrected chi connectivity index (χ1v) is 9.19. The van der Waals surface area contributed by atoms with Crippen LogP contribution in [-0.2, 0) is 4.79 Å². The van der Waals surface area contributed by atoms with Gasteiger partial charge in [-0.15, -0.1) is 0 Å². The Morgan fingerprint density at radius 1 is 1.03 bits per heavy atom. The molecular weight excluding hydrogens is 374 g/mol. The molecule has 0 radical (unpaired) electrons. The number of aryl methyl sites for hydroxylation is 2. The van der Waals surface area contributed by atoms with Crippen LogP contribution in [0.3, 0.4) is 0 Å². The molecule has 154 valence electrons. The number of benzene rings is 2. The van der Waals surface area contributed by atoms with Crippen LogP contribution in [0.5, 0.6) is 11.5 Å². The number of nitrogens with one attached hydrogen (secondary N) is 1. The van der Waals surface area contributed by atoms with Crippen molar-refractivity contribution in [2.24, 2.45) is 0 Å². The molecule has 0 aliphatic carbocycles. The monoisotopic (exact) mass is 399 g/mol. The van der Waals surface area contributed by atoms with E-state index in [2.05, 4.69) is 5.32 Å². The van der Waals surface area contributed by atoms with Crippen molar-refractivity contribution >= 4 is 23.3 Å². The predicted octanol–water partition coefficient (Wildman–Crippen LogP) is 4.01. The summed E-state index contributed by atoms with van der Waals surface area (Å²) in [6.07, 6.45) is 0.670. The lowest BCUT2D eigenvalue weighted by Crippen LogP contribution is -2.14. The quantitative estimate of drug-likeness (QED) is 0.488. The average molecular weight is 399 g/mol. The van der Waals surface area contributed by atoms with E-state index in [-0.39, 0.29) is 30.3 Å². The summed E-state index contributed by atoms with van der Waals surface area (Å²) in [5.41, 5.74) is 2.62. The minimum Gasteiger partial charge on any atom is -0.493 e. The van der Waals surface area contributed by atoms with E-state index in [4.69, 9.17) is 9.47 Å². The molecule has 0 aromatic heterocycles. The lowest BCUT2D eigenvalue weighted by atomic mass is 10.0. The Balaban J connectivity index is 1.90. The zero-order valence-corrected chi connectivity index (χ0v) is 17.0. The van der Waals surface area contributed by atoms with E-state index >= 15 is 0 Å². The number of carbonyl (C=O) groups excluding carboxylic acids is 2. The van der Waals surface area contributed by atoms with E-state index in [1.807, 2.05) is 6.92 Å². The number of carboxylic acid groups (broad SMARTS) is 1. The highest BCUT2D eigenvalue weighted by molar-refractivity contribution is 5.96. The molecule has 0 atom stereocenters. The van der Waals surface area contributed by atoms with Gasteiger partial charge in [-0.05, 0) is 62.6 Å². The first kappa shape index (κ1) is 21.9. The van der Waals surface area contributed by atoms with Crippen molar-refractivity contribution in [2.45, 2.75) is 33.6 Å². The van der Waals surface area contributed by atoms with Gasteiger partial charge in [0.1, 0.15) is 0 Å². The number of carboxylic acids is 1. The molecule has 0 saturated carbocycles. The van der Waals surface area contributed by atoms with Crippen LogP contribution < -0.4 is 14.8 Å². The molecule has 0 aliphatic heterocycles. The van der Waals surface area contributed by atoms with Gasteiger partial charge in [-0.1, -0.05) is 6.07 Å². The van der Waals surface area contributed by atoms with Gasteiger partial charge in [0.15, 0.2) is 17.3 Å². The maximum absolute atomic E-state index is 12.2. The summed E-state index contributed by atoms with van der Waals surface area (Å²) in [5.74, 6) is -0.368. The number of ketones is 1. The summed E-state index contributed by atoms with van der Waals surface area (Å²) in [7, 11) is 1.49. The van der Waals surface area contributed by atoms with Gasteiger partial charge >= 0.3 is 5.97 Å². The number of aromatic carboxylic acids is 1. The van der Waals surface area contributed by atoms with E-state index in [0.29, 0.717) is 34.7 Å². The highest BCUT2D eigenvalue weighted by atomic mass is 16.5. The third kappa shape index (κ3) is 5.81. The number of ether oxygens (including phenoxy) is 2. The van der Waals surface area contributed by atoms with Gasteiger partial charge in [-0.25, -0.2) is 4.79 Å². The van der Waals surface area contributed by atoms with Crippen LogP contribution >= 0.6 is 0 Å². The largest absolute Gasteiger partial charge is 0.493 e. The Morgan fingerprint density at radius 3 is 2.38 bits per heavy atom. The lowest BCUT2D eigenvalue weighted by Gasteiger charge is -2.13. The molecule has 0 spiro atoms. The van der Waals surface area contributed by atoms with E-state index in [1.165, 1.54) is 20.1 Å². The number of rotatable bonds is 9. The minimum atomic E-state index is -1.03. The van der Waals surface area contributed by atoms with Crippen LogP contribution in [0, 0.1) is 13.8 Å². The van der Waals surface area contributed by atoms with Crippen molar-refractivity contribution in [3.05, 3.63) is 52.6 Å². The normalized spacial score (nSPS) is 10.3. The van der Waals surface area contributed by atoms with E-state index in [9.17, 15) is 19.5 Å². The second-order valence-corrected chi connectivity index (χ2v) is 6.71. The molecule has 0 bridgehead atoms. The fourth-order valence-electron chi connectivity index (χ4n) is 2.85. The van der Waals surface area contributed by atoms with E-state index < -0.39 is 5.97 Å². The second kappa shape index (κ2) is 9.73.